The van der Waals surface area contributed by atoms with Gasteiger partial charge in [-0.15, -0.1) is 0 Å². The number of ether oxygens (including phenoxy) is 1. The molecule has 2 heterocycles. The van der Waals surface area contributed by atoms with Gasteiger partial charge in [0.25, 0.3) is 11.1 Å². The first-order chi connectivity index (χ1) is 16.7. The number of carbonyl (C=O) groups is 1. The minimum absolute atomic E-state index is 0.146. The van der Waals surface area contributed by atoms with E-state index in [0.29, 0.717) is 23.1 Å². The molecular formula is C26H22N4O3S. The lowest BCUT2D eigenvalue weighted by Crippen LogP contribution is -2.24. The summed E-state index contributed by atoms with van der Waals surface area (Å²) in [5.41, 5.74) is 4.80. The predicted octanol–water partition coefficient (Wildman–Crippen LogP) is 5.24. The minimum Gasteiger partial charge on any atom is -0.497 e. The van der Waals surface area contributed by atoms with E-state index in [9.17, 15) is 4.79 Å². The Balaban J connectivity index is 1.22. The maximum atomic E-state index is 12.9. The largest absolute Gasteiger partial charge is 0.497 e. The zero-order chi connectivity index (χ0) is 23.3. The fraction of sp³-hybridized carbons (Fsp3) is 0.115. The molecule has 0 saturated carbocycles. The standard InChI is InChI=1S/C26H22N4O3S/c1-32-21-12-10-20(11-13-21)30-15-14-19(29-30)16-27-25(31)22-7-3-2-6-18(22)17-34-26-28-23-8-4-5-9-24(23)33-26/h2-15H,16-17H2,1H3,(H,27,31). The second-order valence-corrected chi connectivity index (χ2v) is 8.45. The Kier molecular flexibility index (Phi) is 6.31. The topological polar surface area (TPSA) is 82.2 Å². The van der Waals surface area contributed by atoms with Crippen LogP contribution >= 0.6 is 11.8 Å². The number of methoxy groups -OCH3 is 1. The second-order valence-electron chi connectivity index (χ2n) is 7.53. The highest BCUT2D eigenvalue weighted by atomic mass is 32.2. The number of fused-ring (bicyclic) bond motifs is 1. The zero-order valence-corrected chi connectivity index (χ0v) is 19.3. The van der Waals surface area contributed by atoms with Gasteiger partial charge in [-0.1, -0.05) is 42.1 Å². The number of rotatable bonds is 8. The van der Waals surface area contributed by atoms with Crippen LogP contribution in [0.4, 0.5) is 0 Å². The number of para-hydroxylation sites is 2. The first kappa shape index (κ1) is 21.8. The Labute approximate surface area is 200 Å². The number of oxazole rings is 1. The van der Waals surface area contributed by atoms with E-state index in [1.54, 1.807) is 11.8 Å². The van der Waals surface area contributed by atoms with Gasteiger partial charge < -0.3 is 14.5 Å². The van der Waals surface area contributed by atoms with Crippen LogP contribution in [-0.4, -0.2) is 27.8 Å². The van der Waals surface area contributed by atoms with Crippen LogP contribution < -0.4 is 10.1 Å². The van der Waals surface area contributed by atoms with Gasteiger partial charge in [0.05, 0.1) is 25.0 Å². The van der Waals surface area contributed by atoms with Crippen LogP contribution in [0, 0.1) is 0 Å². The number of carbonyl (C=O) groups excluding carboxylic acids is 1. The molecule has 8 heteroatoms. The summed E-state index contributed by atoms with van der Waals surface area (Å²) in [6.07, 6.45) is 1.87. The fourth-order valence-electron chi connectivity index (χ4n) is 3.52. The van der Waals surface area contributed by atoms with Crippen molar-refractivity contribution in [1.82, 2.24) is 20.1 Å². The minimum atomic E-state index is -0.146. The molecule has 0 radical (unpaired) electrons. The summed E-state index contributed by atoms with van der Waals surface area (Å²) in [5, 5.41) is 8.12. The van der Waals surface area contributed by atoms with Gasteiger partial charge in [-0.25, -0.2) is 9.67 Å². The highest BCUT2D eigenvalue weighted by molar-refractivity contribution is 7.98. The second kappa shape index (κ2) is 9.84. The average Bonchev–Trinajstić information content (AvgIpc) is 3.53. The maximum absolute atomic E-state index is 12.9. The summed E-state index contributed by atoms with van der Waals surface area (Å²) in [5.74, 6) is 1.21. The van der Waals surface area contributed by atoms with Crippen LogP contribution in [0.3, 0.4) is 0 Å². The van der Waals surface area contributed by atoms with Crippen molar-refractivity contribution in [2.45, 2.75) is 17.5 Å². The molecule has 0 bridgehead atoms. The molecule has 0 spiro atoms. The van der Waals surface area contributed by atoms with Crippen molar-refractivity contribution in [3.63, 3.8) is 0 Å². The summed E-state index contributed by atoms with van der Waals surface area (Å²) >= 11 is 1.47. The lowest BCUT2D eigenvalue weighted by atomic mass is 10.1. The van der Waals surface area contributed by atoms with Crippen LogP contribution in [0.25, 0.3) is 16.8 Å². The van der Waals surface area contributed by atoms with Gasteiger partial charge in [0, 0.05) is 17.5 Å². The van der Waals surface area contributed by atoms with E-state index in [-0.39, 0.29) is 5.91 Å². The molecular weight excluding hydrogens is 448 g/mol. The predicted molar refractivity (Wildman–Crippen MR) is 131 cm³/mol. The van der Waals surface area contributed by atoms with E-state index < -0.39 is 0 Å². The summed E-state index contributed by atoms with van der Waals surface area (Å²) < 4.78 is 12.7. The summed E-state index contributed by atoms with van der Waals surface area (Å²) in [7, 11) is 1.64. The summed E-state index contributed by atoms with van der Waals surface area (Å²) in [4.78, 5) is 17.4. The SMILES string of the molecule is COc1ccc(-n2ccc(CNC(=O)c3ccccc3CSc3nc4ccccc4o3)n2)cc1. The zero-order valence-electron chi connectivity index (χ0n) is 18.5. The number of hydrogen-bond donors (Lipinski definition) is 1. The quantitative estimate of drug-likeness (QED) is 0.312. The van der Waals surface area contributed by atoms with Gasteiger partial charge in [0.1, 0.15) is 11.3 Å². The van der Waals surface area contributed by atoms with Crippen molar-refractivity contribution in [3.05, 3.63) is 102 Å². The van der Waals surface area contributed by atoms with Crippen LogP contribution in [-0.2, 0) is 12.3 Å². The molecule has 0 aliphatic heterocycles. The molecule has 2 aromatic heterocycles. The maximum Gasteiger partial charge on any atom is 0.257 e. The number of aromatic nitrogens is 3. The molecule has 1 amide bonds. The first-order valence-electron chi connectivity index (χ1n) is 10.7. The van der Waals surface area contributed by atoms with Crippen molar-refractivity contribution >= 4 is 28.8 Å². The van der Waals surface area contributed by atoms with Crippen molar-refractivity contribution < 1.29 is 13.9 Å². The van der Waals surface area contributed by atoms with Crippen LogP contribution in [0.5, 0.6) is 5.75 Å². The van der Waals surface area contributed by atoms with E-state index in [0.717, 1.165) is 33.8 Å². The van der Waals surface area contributed by atoms with Gasteiger partial charge in [0.15, 0.2) is 5.58 Å². The Hall–Kier alpha value is -4.04. The lowest BCUT2D eigenvalue weighted by Gasteiger charge is -2.09. The first-order valence-corrected chi connectivity index (χ1v) is 11.7. The Bertz CT molecular complexity index is 1390. The number of thioether (sulfide) groups is 1. The molecule has 0 aliphatic carbocycles. The number of nitrogens with one attached hydrogen (secondary N) is 1. The van der Waals surface area contributed by atoms with E-state index >= 15 is 0 Å². The molecule has 0 saturated heterocycles. The van der Waals surface area contributed by atoms with Crippen LogP contribution in [0.1, 0.15) is 21.6 Å². The summed E-state index contributed by atoms with van der Waals surface area (Å²) in [6.45, 7) is 0.328. The van der Waals surface area contributed by atoms with Crippen LogP contribution in [0.2, 0.25) is 0 Å². The average molecular weight is 471 g/mol. The van der Waals surface area contributed by atoms with Gasteiger partial charge in [-0.3, -0.25) is 4.79 Å². The lowest BCUT2D eigenvalue weighted by molar-refractivity contribution is 0.0949. The molecule has 170 valence electrons. The van der Waals surface area contributed by atoms with E-state index in [2.05, 4.69) is 15.4 Å². The van der Waals surface area contributed by atoms with E-state index in [1.165, 1.54) is 11.8 Å². The summed E-state index contributed by atoms with van der Waals surface area (Å²) in [6, 6.07) is 24.7. The van der Waals surface area contributed by atoms with Crippen LogP contribution in [0.15, 0.2) is 94.7 Å². The highest BCUT2D eigenvalue weighted by Crippen LogP contribution is 2.27. The molecule has 0 atom stereocenters. The Morgan fingerprint density at radius 1 is 1.03 bits per heavy atom. The fourth-order valence-corrected chi connectivity index (χ4v) is 4.36. The van der Waals surface area contributed by atoms with Gasteiger partial charge >= 0.3 is 0 Å². The molecule has 1 N–H and O–H groups in total. The third-order valence-corrected chi connectivity index (χ3v) is 6.18. The highest BCUT2D eigenvalue weighted by Gasteiger charge is 2.13. The van der Waals surface area contributed by atoms with Crippen molar-refractivity contribution in [3.8, 4) is 11.4 Å². The van der Waals surface area contributed by atoms with Crippen molar-refractivity contribution in [2.24, 2.45) is 0 Å². The molecule has 0 aliphatic rings. The van der Waals surface area contributed by atoms with Crippen molar-refractivity contribution in [1.29, 1.82) is 0 Å². The molecule has 5 rings (SSSR count). The molecule has 5 aromatic rings. The number of hydrogen-bond acceptors (Lipinski definition) is 6. The molecule has 34 heavy (non-hydrogen) atoms. The van der Waals surface area contributed by atoms with Gasteiger partial charge in [-0.2, -0.15) is 5.10 Å². The normalized spacial score (nSPS) is 11.0. The number of benzene rings is 3. The number of nitrogens with zero attached hydrogens (tertiary/aromatic N) is 3. The monoisotopic (exact) mass is 470 g/mol. The smallest absolute Gasteiger partial charge is 0.257 e. The number of amides is 1. The molecule has 7 nitrogen and oxygen atoms in total. The van der Waals surface area contributed by atoms with E-state index in [4.69, 9.17) is 9.15 Å². The molecule has 3 aromatic carbocycles. The van der Waals surface area contributed by atoms with Gasteiger partial charge in [-0.05, 0) is 54.1 Å². The third-order valence-electron chi connectivity index (χ3n) is 5.30. The Morgan fingerprint density at radius 3 is 2.65 bits per heavy atom. The third kappa shape index (κ3) is 4.82. The van der Waals surface area contributed by atoms with E-state index in [1.807, 2.05) is 85.1 Å². The van der Waals surface area contributed by atoms with Gasteiger partial charge in [0.2, 0.25) is 0 Å². The molecule has 0 fully saturated rings. The Morgan fingerprint density at radius 2 is 1.82 bits per heavy atom. The van der Waals surface area contributed by atoms with Crippen molar-refractivity contribution in [2.75, 3.05) is 7.11 Å². The molecule has 0 unspecified atom stereocenters.